The van der Waals surface area contributed by atoms with E-state index < -0.39 is 4.33 Å². The third-order valence-corrected chi connectivity index (χ3v) is 4.15. The van der Waals surface area contributed by atoms with Crippen LogP contribution in [0.25, 0.3) is 0 Å². The molecule has 0 amide bonds. The standard InChI is InChI=1S/C20H24Cl2O2/c1-4-14-24-18-12-8-16(9-13-18)19(20(3,21)22)15-6-10-17(11-7-15)23-5-2/h6-13,19H,4-5,14H2,1-3H3. The summed E-state index contributed by atoms with van der Waals surface area (Å²) in [6.45, 7) is 7.23. The van der Waals surface area contributed by atoms with Crippen molar-refractivity contribution in [1.29, 1.82) is 0 Å². The van der Waals surface area contributed by atoms with Crippen molar-refractivity contribution in [3.05, 3.63) is 59.7 Å². The molecule has 2 rings (SSSR count). The van der Waals surface area contributed by atoms with E-state index in [1.807, 2.05) is 62.4 Å². The highest BCUT2D eigenvalue weighted by Crippen LogP contribution is 2.43. The average molecular weight is 367 g/mol. The molecule has 1 atom stereocenters. The number of benzene rings is 2. The van der Waals surface area contributed by atoms with Crippen molar-refractivity contribution < 1.29 is 9.47 Å². The lowest BCUT2D eigenvalue weighted by atomic mass is 9.88. The minimum absolute atomic E-state index is 0.142. The maximum atomic E-state index is 6.50. The summed E-state index contributed by atoms with van der Waals surface area (Å²) in [5.74, 6) is 1.56. The number of alkyl halides is 2. The van der Waals surface area contributed by atoms with Crippen molar-refractivity contribution in [2.24, 2.45) is 0 Å². The zero-order valence-corrected chi connectivity index (χ0v) is 15.9. The first-order chi connectivity index (χ1) is 11.5. The highest BCUT2D eigenvalue weighted by molar-refractivity contribution is 6.48. The van der Waals surface area contributed by atoms with Crippen LogP contribution in [0, 0.1) is 0 Å². The molecule has 130 valence electrons. The maximum Gasteiger partial charge on any atom is 0.126 e. The molecular formula is C20H24Cl2O2. The van der Waals surface area contributed by atoms with Gasteiger partial charge in [0.05, 0.1) is 13.2 Å². The minimum Gasteiger partial charge on any atom is -0.494 e. The van der Waals surface area contributed by atoms with Gasteiger partial charge < -0.3 is 9.47 Å². The quantitative estimate of drug-likeness (QED) is 0.517. The minimum atomic E-state index is -0.932. The lowest BCUT2D eigenvalue weighted by Crippen LogP contribution is -2.21. The zero-order valence-electron chi connectivity index (χ0n) is 14.4. The smallest absolute Gasteiger partial charge is 0.126 e. The Balaban J connectivity index is 2.28. The first kappa shape index (κ1) is 19.0. The highest BCUT2D eigenvalue weighted by atomic mass is 35.5. The van der Waals surface area contributed by atoms with Crippen molar-refractivity contribution in [1.82, 2.24) is 0 Å². The van der Waals surface area contributed by atoms with Crippen molar-refractivity contribution in [3.8, 4) is 11.5 Å². The Morgan fingerprint density at radius 2 is 1.29 bits per heavy atom. The van der Waals surface area contributed by atoms with Gasteiger partial charge in [0.2, 0.25) is 0 Å². The van der Waals surface area contributed by atoms with E-state index in [9.17, 15) is 0 Å². The van der Waals surface area contributed by atoms with Gasteiger partial charge in [-0.1, -0.05) is 31.2 Å². The predicted molar refractivity (Wildman–Crippen MR) is 102 cm³/mol. The molecule has 4 heteroatoms. The van der Waals surface area contributed by atoms with Gasteiger partial charge in [0.1, 0.15) is 15.8 Å². The molecule has 0 saturated heterocycles. The van der Waals surface area contributed by atoms with E-state index in [0.29, 0.717) is 13.2 Å². The highest BCUT2D eigenvalue weighted by Gasteiger charge is 2.32. The zero-order chi connectivity index (χ0) is 17.6. The Labute approximate surface area is 154 Å². The number of halogens is 2. The third kappa shape index (κ3) is 5.06. The second-order valence-electron chi connectivity index (χ2n) is 5.81. The first-order valence-corrected chi connectivity index (χ1v) is 9.04. The van der Waals surface area contributed by atoms with Crippen LogP contribution in [-0.2, 0) is 0 Å². The predicted octanol–water partition coefficient (Wildman–Crippen LogP) is 6.20. The molecule has 24 heavy (non-hydrogen) atoms. The summed E-state index contributed by atoms with van der Waals surface area (Å²) in [6.07, 6.45) is 0.984. The lowest BCUT2D eigenvalue weighted by Gasteiger charge is -2.27. The van der Waals surface area contributed by atoms with E-state index in [1.165, 1.54) is 0 Å². The number of ether oxygens (including phenoxy) is 2. The Bertz CT molecular complexity index is 616. The molecule has 0 spiro atoms. The largest absolute Gasteiger partial charge is 0.494 e. The molecule has 0 heterocycles. The molecule has 0 N–H and O–H groups in total. The SMILES string of the molecule is CCCOc1ccc(C(c2ccc(OCC)cc2)C(C)(Cl)Cl)cc1. The van der Waals surface area contributed by atoms with E-state index in [1.54, 1.807) is 0 Å². The summed E-state index contributed by atoms with van der Waals surface area (Å²) in [4.78, 5) is 0. The van der Waals surface area contributed by atoms with Crippen LogP contribution in [0.5, 0.6) is 11.5 Å². The Hall–Kier alpha value is -1.38. The van der Waals surface area contributed by atoms with Gasteiger partial charge in [-0.15, -0.1) is 23.2 Å². The molecule has 1 unspecified atom stereocenters. The Kier molecular flexibility index (Phi) is 6.82. The van der Waals surface area contributed by atoms with Crippen LogP contribution >= 0.6 is 23.2 Å². The van der Waals surface area contributed by atoms with Gasteiger partial charge in [-0.25, -0.2) is 0 Å². The summed E-state index contributed by atoms with van der Waals surface area (Å²) in [5.41, 5.74) is 2.10. The second kappa shape index (κ2) is 8.64. The molecule has 0 radical (unpaired) electrons. The van der Waals surface area contributed by atoms with E-state index in [0.717, 1.165) is 29.0 Å². The fourth-order valence-corrected chi connectivity index (χ4v) is 3.18. The molecule has 0 aliphatic rings. The lowest BCUT2D eigenvalue weighted by molar-refractivity contribution is 0.317. The molecule has 2 nitrogen and oxygen atoms in total. The van der Waals surface area contributed by atoms with Crippen molar-refractivity contribution in [3.63, 3.8) is 0 Å². The van der Waals surface area contributed by atoms with Gasteiger partial charge in [-0.3, -0.25) is 0 Å². The molecule has 0 fully saturated rings. The van der Waals surface area contributed by atoms with E-state index in [4.69, 9.17) is 32.7 Å². The van der Waals surface area contributed by atoms with Crippen molar-refractivity contribution in [2.45, 2.75) is 37.4 Å². The summed E-state index contributed by atoms with van der Waals surface area (Å²) in [5, 5.41) is 0. The molecule has 2 aromatic rings. The molecular weight excluding hydrogens is 343 g/mol. The third-order valence-electron chi connectivity index (χ3n) is 3.72. The van der Waals surface area contributed by atoms with Crippen LogP contribution in [0.1, 0.15) is 44.2 Å². The fourth-order valence-electron chi connectivity index (χ4n) is 2.68. The van der Waals surface area contributed by atoms with Gasteiger partial charge in [0.25, 0.3) is 0 Å². The van der Waals surface area contributed by atoms with Gasteiger partial charge in [-0.05, 0) is 55.7 Å². The van der Waals surface area contributed by atoms with Gasteiger partial charge in [-0.2, -0.15) is 0 Å². The molecule has 0 aliphatic carbocycles. The molecule has 2 aromatic carbocycles. The maximum absolute atomic E-state index is 6.50. The summed E-state index contributed by atoms with van der Waals surface area (Å²) < 4.78 is 10.2. The van der Waals surface area contributed by atoms with Gasteiger partial charge in [0, 0.05) is 5.92 Å². The van der Waals surface area contributed by atoms with E-state index in [2.05, 4.69) is 6.92 Å². The van der Waals surface area contributed by atoms with Crippen LogP contribution in [0.15, 0.2) is 48.5 Å². The van der Waals surface area contributed by atoms with Gasteiger partial charge in [0.15, 0.2) is 0 Å². The molecule has 0 saturated carbocycles. The van der Waals surface area contributed by atoms with Crippen LogP contribution in [-0.4, -0.2) is 17.5 Å². The van der Waals surface area contributed by atoms with E-state index >= 15 is 0 Å². The summed E-state index contributed by atoms with van der Waals surface area (Å²) >= 11 is 13.0. The normalized spacial score (nSPS) is 12.7. The van der Waals surface area contributed by atoms with Crippen LogP contribution in [0.3, 0.4) is 0 Å². The number of rotatable bonds is 8. The summed E-state index contributed by atoms with van der Waals surface area (Å²) in [6, 6.07) is 15.9. The molecule has 0 aliphatic heterocycles. The topological polar surface area (TPSA) is 18.5 Å². The Morgan fingerprint density at radius 1 is 0.833 bits per heavy atom. The van der Waals surface area contributed by atoms with Crippen LogP contribution < -0.4 is 9.47 Å². The monoisotopic (exact) mass is 366 g/mol. The van der Waals surface area contributed by atoms with Crippen LogP contribution in [0.2, 0.25) is 0 Å². The number of hydrogen-bond donors (Lipinski definition) is 0. The Morgan fingerprint density at radius 3 is 1.67 bits per heavy atom. The fraction of sp³-hybridized carbons (Fsp3) is 0.400. The molecule has 0 aromatic heterocycles. The van der Waals surface area contributed by atoms with Gasteiger partial charge >= 0.3 is 0 Å². The first-order valence-electron chi connectivity index (χ1n) is 8.29. The van der Waals surface area contributed by atoms with Crippen LogP contribution in [0.4, 0.5) is 0 Å². The van der Waals surface area contributed by atoms with Crippen molar-refractivity contribution >= 4 is 23.2 Å². The number of hydrogen-bond acceptors (Lipinski definition) is 2. The molecule has 0 bridgehead atoms. The average Bonchev–Trinajstić information content (AvgIpc) is 2.55. The second-order valence-corrected chi connectivity index (χ2v) is 7.57. The van der Waals surface area contributed by atoms with Crippen molar-refractivity contribution in [2.75, 3.05) is 13.2 Å². The van der Waals surface area contributed by atoms with E-state index in [-0.39, 0.29) is 5.92 Å². The summed E-state index contributed by atoms with van der Waals surface area (Å²) in [7, 11) is 0.